The van der Waals surface area contributed by atoms with E-state index in [2.05, 4.69) is 20.4 Å². The number of carbonyl (C=O) groups excluding carboxylic acids is 2. The number of amides is 2. The van der Waals surface area contributed by atoms with Crippen LogP contribution in [0.3, 0.4) is 0 Å². The van der Waals surface area contributed by atoms with Crippen molar-refractivity contribution in [2.45, 2.75) is 31.8 Å². The van der Waals surface area contributed by atoms with Gasteiger partial charge in [-0.05, 0) is 50.3 Å². The van der Waals surface area contributed by atoms with Crippen molar-refractivity contribution >= 4 is 58.2 Å². The van der Waals surface area contributed by atoms with E-state index < -0.39 is 0 Å². The Morgan fingerprint density at radius 2 is 1.94 bits per heavy atom. The normalized spacial score (nSPS) is 11.0. The van der Waals surface area contributed by atoms with Crippen molar-refractivity contribution in [1.82, 2.24) is 24.5 Å². The lowest BCUT2D eigenvalue weighted by atomic mass is 10.1. The van der Waals surface area contributed by atoms with Crippen LogP contribution in [0, 0.1) is 13.8 Å². The highest BCUT2D eigenvalue weighted by atomic mass is 35.5. The summed E-state index contributed by atoms with van der Waals surface area (Å²) in [4.78, 5) is 35.1. The third-order valence-corrected chi connectivity index (χ3v) is 6.09. The van der Waals surface area contributed by atoms with E-state index >= 15 is 0 Å². The van der Waals surface area contributed by atoms with Crippen LogP contribution in [0.25, 0.3) is 5.78 Å². The van der Waals surface area contributed by atoms with Crippen molar-refractivity contribution in [3.8, 4) is 0 Å². The molecular formula is C20H22Cl2N6O2S. The van der Waals surface area contributed by atoms with Crippen LogP contribution in [-0.2, 0) is 16.0 Å². The molecule has 0 radical (unpaired) electrons. The fraction of sp³-hybridized carbons (Fsp3) is 0.350. The van der Waals surface area contributed by atoms with Gasteiger partial charge in [-0.15, -0.1) is 5.10 Å². The number of hydrogen-bond acceptors (Lipinski definition) is 6. The molecule has 164 valence electrons. The molecule has 8 nitrogen and oxygen atoms in total. The first-order valence-corrected chi connectivity index (χ1v) is 11.4. The first kappa shape index (κ1) is 23.3. The molecule has 2 aromatic heterocycles. The van der Waals surface area contributed by atoms with Crippen molar-refractivity contribution in [2.24, 2.45) is 0 Å². The van der Waals surface area contributed by atoms with Crippen molar-refractivity contribution in [1.29, 1.82) is 0 Å². The molecule has 1 N–H and O–H groups in total. The Hall–Kier alpha value is -2.36. The molecule has 31 heavy (non-hydrogen) atoms. The smallest absolute Gasteiger partial charge is 0.253 e. The fourth-order valence-corrected chi connectivity index (χ4v) is 3.77. The average molecular weight is 481 g/mol. The van der Waals surface area contributed by atoms with Crippen LogP contribution in [0.2, 0.25) is 10.0 Å². The summed E-state index contributed by atoms with van der Waals surface area (Å²) in [6.45, 7) is 3.76. The molecule has 11 heteroatoms. The lowest BCUT2D eigenvalue weighted by Gasteiger charge is -2.18. The van der Waals surface area contributed by atoms with E-state index in [0.717, 1.165) is 17.0 Å². The minimum atomic E-state index is -0.322. The highest BCUT2D eigenvalue weighted by Gasteiger charge is 2.17. The quantitative estimate of drug-likeness (QED) is 0.516. The van der Waals surface area contributed by atoms with E-state index in [1.165, 1.54) is 16.7 Å². The summed E-state index contributed by atoms with van der Waals surface area (Å²) in [5.74, 6) is 0.0778. The number of fused-ring (bicyclic) bond motifs is 1. The number of halogens is 2. The molecule has 0 atom stereocenters. The Labute approximate surface area is 194 Å². The molecule has 3 aromatic rings. The van der Waals surface area contributed by atoms with Crippen LogP contribution < -0.4 is 5.32 Å². The summed E-state index contributed by atoms with van der Waals surface area (Å²) in [6.07, 6.45) is 2.65. The summed E-state index contributed by atoms with van der Waals surface area (Å²) in [5.41, 5.74) is 3.19. The SMILES string of the molecule is CSc1nc2nc(C)c(CCC(=O)N(C)CC(=O)Nc3ccc(Cl)c(Cl)c3)c(C)n2n1. The fourth-order valence-electron chi connectivity index (χ4n) is 3.14. The Morgan fingerprint density at radius 3 is 2.61 bits per heavy atom. The van der Waals surface area contributed by atoms with Crippen molar-refractivity contribution in [2.75, 3.05) is 25.2 Å². The molecule has 0 aliphatic rings. The predicted octanol–water partition coefficient (Wildman–Crippen LogP) is 3.80. The lowest BCUT2D eigenvalue weighted by molar-refractivity contribution is -0.133. The molecule has 1 aromatic carbocycles. The van der Waals surface area contributed by atoms with Crippen LogP contribution in [0.5, 0.6) is 0 Å². The number of aromatic nitrogens is 4. The maximum atomic E-state index is 12.6. The number of rotatable bonds is 7. The predicted molar refractivity (Wildman–Crippen MR) is 123 cm³/mol. The Bertz CT molecular complexity index is 1150. The van der Waals surface area contributed by atoms with Gasteiger partial charge in [0.1, 0.15) is 0 Å². The zero-order valence-electron chi connectivity index (χ0n) is 17.6. The number of hydrogen-bond donors (Lipinski definition) is 1. The van der Waals surface area contributed by atoms with Crippen molar-refractivity contribution in [3.05, 3.63) is 45.2 Å². The number of thioether (sulfide) groups is 1. The molecule has 0 spiro atoms. The third-order valence-electron chi connectivity index (χ3n) is 4.81. The van der Waals surface area contributed by atoms with E-state index in [4.69, 9.17) is 23.2 Å². The molecule has 0 fully saturated rings. The highest BCUT2D eigenvalue weighted by Crippen LogP contribution is 2.25. The van der Waals surface area contributed by atoms with E-state index in [9.17, 15) is 9.59 Å². The summed E-state index contributed by atoms with van der Waals surface area (Å²) in [6, 6.07) is 4.81. The van der Waals surface area contributed by atoms with Crippen LogP contribution >= 0.6 is 35.0 Å². The lowest BCUT2D eigenvalue weighted by Crippen LogP contribution is -2.35. The number of carbonyl (C=O) groups is 2. The Balaban J connectivity index is 1.61. The van der Waals surface area contributed by atoms with E-state index in [1.54, 1.807) is 29.8 Å². The van der Waals surface area contributed by atoms with Crippen LogP contribution in [0.1, 0.15) is 23.4 Å². The molecule has 2 heterocycles. The number of likely N-dealkylation sites (N-methyl/N-ethyl adjacent to an activating group) is 1. The number of anilines is 1. The van der Waals surface area contributed by atoms with Gasteiger partial charge in [-0.1, -0.05) is 35.0 Å². The second kappa shape index (κ2) is 9.84. The molecule has 0 bridgehead atoms. The number of nitrogens with zero attached hydrogens (tertiary/aromatic N) is 5. The second-order valence-corrected chi connectivity index (χ2v) is 8.59. The first-order valence-electron chi connectivity index (χ1n) is 9.45. The van der Waals surface area contributed by atoms with Gasteiger partial charge in [0.05, 0.1) is 16.6 Å². The summed E-state index contributed by atoms with van der Waals surface area (Å²) >= 11 is 13.3. The molecule has 0 aliphatic carbocycles. The van der Waals surface area contributed by atoms with Gasteiger partial charge < -0.3 is 10.2 Å². The number of benzene rings is 1. The largest absolute Gasteiger partial charge is 0.336 e. The molecule has 0 unspecified atom stereocenters. The maximum Gasteiger partial charge on any atom is 0.253 e. The van der Waals surface area contributed by atoms with Gasteiger partial charge in [0.25, 0.3) is 5.78 Å². The standard InChI is InChI=1S/C20H22Cl2N6O2S/c1-11-14(12(2)28-19(23-11)25-20(26-28)31-4)6-8-18(30)27(3)10-17(29)24-13-5-7-15(21)16(22)9-13/h5,7,9H,6,8,10H2,1-4H3,(H,24,29). The molecule has 2 amide bonds. The van der Waals surface area contributed by atoms with E-state index in [-0.39, 0.29) is 24.8 Å². The molecule has 0 aliphatic heterocycles. The minimum absolute atomic E-state index is 0.0749. The number of aryl methyl sites for hydroxylation is 2. The monoisotopic (exact) mass is 480 g/mol. The zero-order valence-corrected chi connectivity index (χ0v) is 19.9. The van der Waals surface area contributed by atoms with Gasteiger partial charge in [-0.3, -0.25) is 9.59 Å². The van der Waals surface area contributed by atoms with E-state index in [0.29, 0.717) is 33.1 Å². The highest BCUT2D eigenvalue weighted by molar-refractivity contribution is 7.98. The third kappa shape index (κ3) is 5.47. The molecule has 0 saturated heterocycles. The van der Waals surface area contributed by atoms with Crippen LogP contribution in [-0.4, -0.2) is 56.1 Å². The molecular weight excluding hydrogens is 459 g/mol. The number of nitrogens with one attached hydrogen (secondary N) is 1. The zero-order chi connectivity index (χ0) is 22.7. The molecule has 0 saturated carbocycles. The first-order chi connectivity index (χ1) is 14.7. The second-order valence-electron chi connectivity index (χ2n) is 7.00. The minimum Gasteiger partial charge on any atom is -0.336 e. The van der Waals surface area contributed by atoms with Gasteiger partial charge in [-0.2, -0.15) is 4.98 Å². The van der Waals surface area contributed by atoms with Gasteiger partial charge in [0, 0.05) is 30.5 Å². The van der Waals surface area contributed by atoms with Crippen molar-refractivity contribution in [3.63, 3.8) is 0 Å². The van der Waals surface area contributed by atoms with Crippen LogP contribution in [0.4, 0.5) is 5.69 Å². The Kier molecular flexibility index (Phi) is 7.40. The van der Waals surface area contributed by atoms with Crippen molar-refractivity contribution < 1.29 is 9.59 Å². The summed E-state index contributed by atoms with van der Waals surface area (Å²) in [5, 5.41) is 8.53. The van der Waals surface area contributed by atoms with Gasteiger partial charge >= 0.3 is 0 Å². The van der Waals surface area contributed by atoms with Gasteiger partial charge in [-0.25, -0.2) is 9.50 Å². The topological polar surface area (TPSA) is 92.5 Å². The van der Waals surface area contributed by atoms with Crippen LogP contribution in [0.15, 0.2) is 23.4 Å². The molecule has 3 rings (SSSR count). The van der Waals surface area contributed by atoms with Gasteiger partial charge in [0.15, 0.2) is 0 Å². The average Bonchev–Trinajstić information content (AvgIpc) is 3.13. The summed E-state index contributed by atoms with van der Waals surface area (Å²) < 4.78 is 1.70. The Morgan fingerprint density at radius 1 is 1.19 bits per heavy atom. The van der Waals surface area contributed by atoms with Gasteiger partial charge in [0.2, 0.25) is 17.0 Å². The maximum absolute atomic E-state index is 12.6. The summed E-state index contributed by atoms with van der Waals surface area (Å²) in [7, 11) is 1.60. The van der Waals surface area contributed by atoms with E-state index in [1.807, 2.05) is 20.1 Å².